The Kier molecular flexibility index (Phi) is 3.57. The van der Waals surface area contributed by atoms with Crippen LogP contribution < -0.4 is 5.32 Å². The minimum atomic E-state index is 0.440. The van der Waals surface area contributed by atoms with Crippen molar-refractivity contribution in [1.29, 1.82) is 0 Å². The molecule has 0 radical (unpaired) electrons. The van der Waals surface area contributed by atoms with Crippen LogP contribution in [0.25, 0.3) is 0 Å². The van der Waals surface area contributed by atoms with E-state index in [4.69, 9.17) is 0 Å². The molecule has 0 saturated carbocycles. The maximum atomic E-state index is 4.02. The van der Waals surface area contributed by atoms with E-state index in [1.165, 1.54) is 16.8 Å². The number of anilines is 1. The van der Waals surface area contributed by atoms with Crippen LogP contribution in [-0.2, 0) is 6.42 Å². The molecule has 1 atom stereocenters. The fraction of sp³-hybridized carbons (Fsp3) is 0.308. The summed E-state index contributed by atoms with van der Waals surface area (Å²) in [5.41, 5.74) is 3.90. The van der Waals surface area contributed by atoms with E-state index < -0.39 is 0 Å². The number of thiophene rings is 1. The molecule has 0 fully saturated rings. The topological polar surface area (TPSA) is 24.9 Å². The van der Waals surface area contributed by atoms with E-state index >= 15 is 0 Å². The summed E-state index contributed by atoms with van der Waals surface area (Å²) >= 11 is 1.74. The Morgan fingerprint density at radius 2 is 2.06 bits per heavy atom. The van der Waals surface area contributed by atoms with Gasteiger partial charge < -0.3 is 5.32 Å². The normalized spacial score (nSPS) is 12.4. The number of aryl methyl sites for hydroxylation is 1. The number of nitrogens with one attached hydrogen (secondary N) is 1. The summed E-state index contributed by atoms with van der Waals surface area (Å²) < 4.78 is 0. The van der Waals surface area contributed by atoms with Gasteiger partial charge in [0, 0.05) is 29.5 Å². The zero-order valence-electron chi connectivity index (χ0n) is 9.60. The van der Waals surface area contributed by atoms with Crippen molar-refractivity contribution < 1.29 is 0 Å². The van der Waals surface area contributed by atoms with Crippen molar-refractivity contribution in [1.82, 2.24) is 4.98 Å². The average molecular weight is 232 g/mol. The number of hydrogen-bond donors (Lipinski definition) is 1. The molecule has 2 nitrogen and oxygen atoms in total. The molecule has 2 aromatic heterocycles. The second kappa shape index (κ2) is 5.12. The minimum Gasteiger partial charge on any atom is -0.381 e. The molecule has 0 aliphatic carbocycles. The average Bonchev–Trinajstić information content (AvgIpc) is 2.66. The van der Waals surface area contributed by atoms with E-state index in [2.05, 4.69) is 47.0 Å². The fourth-order valence-corrected chi connectivity index (χ4v) is 2.49. The van der Waals surface area contributed by atoms with Gasteiger partial charge in [0.25, 0.3) is 0 Å². The molecule has 0 saturated heterocycles. The number of pyridine rings is 1. The van der Waals surface area contributed by atoms with E-state index in [-0.39, 0.29) is 0 Å². The lowest BCUT2D eigenvalue weighted by Crippen LogP contribution is -2.18. The van der Waals surface area contributed by atoms with Crippen molar-refractivity contribution in [2.24, 2.45) is 0 Å². The van der Waals surface area contributed by atoms with Crippen molar-refractivity contribution in [2.45, 2.75) is 26.3 Å². The molecule has 1 N–H and O–H groups in total. The number of hydrogen-bond acceptors (Lipinski definition) is 3. The third kappa shape index (κ3) is 2.83. The lowest BCUT2D eigenvalue weighted by Gasteiger charge is -2.14. The van der Waals surface area contributed by atoms with Gasteiger partial charge in [-0.1, -0.05) is 0 Å². The van der Waals surface area contributed by atoms with E-state index in [0.717, 1.165) is 6.42 Å². The van der Waals surface area contributed by atoms with Gasteiger partial charge in [0.15, 0.2) is 0 Å². The Balaban J connectivity index is 1.95. The Morgan fingerprint density at radius 3 is 2.69 bits per heavy atom. The monoisotopic (exact) mass is 232 g/mol. The maximum Gasteiger partial charge on any atom is 0.0480 e. The van der Waals surface area contributed by atoms with E-state index in [9.17, 15) is 0 Å². The quantitative estimate of drug-likeness (QED) is 0.872. The SMILES string of the molecule is Cc1cscc1NC(C)Cc1ccncc1. The molecule has 0 spiro atoms. The zero-order valence-corrected chi connectivity index (χ0v) is 10.4. The summed E-state index contributed by atoms with van der Waals surface area (Å²) in [5, 5.41) is 7.86. The van der Waals surface area contributed by atoms with Gasteiger partial charge in [-0.2, -0.15) is 0 Å². The van der Waals surface area contributed by atoms with E-state index in [1.54, 1.807) is 11.3 Å². The standard InChI is InChI=1S/C13H16N2S/c1-10-8-16-9-13(10)15-11(2)7-12-3-5-14-6-4-12/h3-6,8-9,11,15H,7H2,1-2H3. The molecule has 84 valence electrons. The van der Waals surface area contributed by atoms with Crippen LogP contribution in [-0.4, -0.2) is 11.0 Å². The molecular weight excluding hydrogens is 216 g/mol. The molecular formula is C13H16N2S. The first kappa shape index (κ1) is 11.1. The van der Waals surface area contributed by atoms with Gasteiger partial charge in [0.2, 0.25) is 0 Å². The Bertz CT molecular complexity index is 436. The van der Waals surface area contributed by atoms with Gasteiger partial charge in [-0.15, -0.1) is 11.3 Å². The van der Waals surface area contributed by atoms with Crippen LogP contribution in [0.4, 0.5) is 5.69 Å². The smallest absolute Gasteiger partial charge is 0.0480 e. The second-order valence-corrected chi connectivity index (χ2v) is 4.82. The van der Waals surface area contributed by atoms with Gasteiger partial charge in [-0.25, -0.2) is 0 Å². The molecule has 0 amide bonds. The molecule has 3 heteroatoms. The van der Waals surface area contributed by atoms with Crippen molar-refractivity contribution >= 4 is 17.0 Å². The van der Waals surface area contributed by atoms with Gasteiger partial charge in [0.1, 0.15) is 0 Å². The highest BCUT2D eigenvalue weighted by Gasteiger charge is 2.05. The van der Waals surface area contributed by atoms with Crippen LogP contribution in [0.3, 0.4) is 0 Å². The van der Waals surface area contributed by atoms with Gasteiger partial charge in [-0.05, 0) is 48.9 Å². The van der Waals surface area contributed by atoms with Gasteiger partial charge >= 0.3 is 0 Å². The Morgan fingerprint density at radius 1 is 1.31 bits per heavy atom. The predicted molar refractivity (Wildman–Crippen MR) is 70.1 cm³/mol. The summed E-state index contributed by atoms with van der Waals surface area (Å²) in [7, 11) is 0. The lowest BCUT2D eigenvalue weighted by molar-refractivity contribution is 0.788. The van der Waals surface area contributed by atoms with Crippen LogP contribution >= 0.6 is 11.3 Å². The summed E-state index contributed by atoms with van der Waals surface area (Å²) in [6, 6.07) is 4.58. The summed E-state index contributed by atoms with van der Waals surface area (Å²) in [4.78, 5) is 4.02. The third-order valence-electron chi connectivity index (χ3n) is 2.55. The van der Waals surface area contributed by atoms with E-state index in [1.807, 2.05) is 12.4 Å². The molecule has 0 aliphatic heterocycles. The predicted octanol–water partition coefficient (Wildman–Crippen LogP) is 3.49. The molecule has 1 unspecified atom stereocenters. The minimum absolute atomic E-state index is 0.440. The Hall–Kier alpha value is -1.35. The molecule has 2 heterocycles. The molecule has 0 aliphatic rings. The van der Waals surface area contributed by atoms with Crippen molar-refractivity contribution in [3.63, 3.8) is 0 Å². The molecule has 16 heavy (non-hydrogen) atoms. The lowest BCUT2D eigenvalue weighted by atomic mass is 10.1. The van der Waals surface area contributed by atoms with Crippen LogP contribution in [0.15, 0.2) is 35.3 Å². The first-order valence-corrected chi connectivity index (χ1v) is 6.38. The van der Waals surface area contributed by atoms with Crippen molar-refractivity contribution in [3.05, 3.63) is 46.4 Å². The van der Waals surface area contributed by atoms with Crippen LogP contribution in [0, 0.1) is 6.92 Å². The van der Waals surface area contributed by atoms with Crippen molar-refractivity contribution in [3.8, 4) is 0 Å². The highest BCUT2D eigenvalue weighted by atomic mass is 32.1. The number of rotatable bonds is 4. The van der Waals surface area contributed by atoms with Crippen LogP contribution in [0.5, 0.6) is 0 Å². The van der Waals surface area contributed by atoms with Gasteiger partial charge in [-0.3, -0.25) is 4.98 Å². The van der Waals surface area contributed by atoms with E-state index in [0.29, 0.717) is 6.04 Å². The molecule has 2 rings (SSSR count). The summed E-state index contributed by atoms with van der Waals surface area (Å²) in [6.45, 7) is 4.34. The molecule has 0 aromatic carbocycles. The van der Waals surface area contributed by atoms with Crippen LogP contribution in [0.1, 0.15) is 18.1 Å². The van der Waals surface area contributed by atoms with Crippen molar-refractivity contribution in [2.75, 3.05) is 5.32 Å². The Labute approximate surface area is 100 Å². The van der Waals surface area contributed by atoms with Crippen LogP contribution in [0.2, 0.25) is 0 Å². The summed E-state index contributed by atoms with van der Waals surface area (Å²) in [6.07, 6.45) is 4.72. The number of aromatic nitrogens is 1. The maximum absolute atomic E-state index is 4.02. The highest BCUT2D eigenvalue weighted by Crippen LogP contribution is 2.20. The van der Waals surface area contributed by atoms with Gasteiger partial charge in [0.05, 0.1) is 0 Å². The summed E-state index contributed by atoms with van der Waals surface area (Å²) in [5.74, 6) is 0. The largest absolute Gasteiger partial charge is 0.381 e. The second-order valence-electron chi connectivity index (χ2n) is 4.07. The zero-order chi connectivity index (χ0) is 11.4. The number of nitrogens with zero attached hydrogens (tertiary/aromatic N) is 1. The molecule has 0 bridgehead atoms. The molecule has 2 aromatic rings. The third-order valence-corrected chi connectivity index (χ3v) is 3.41. The first-order valence-electron chi connectivity index (χ1n) is 5.44. The first-order chi connectivity index (χ1) is 7.75. The fourth-order valence-electron chi connectivity index (χ4n) is 1.70. The highest BCUT2D eigenvalue weighted by molar-refractivity contribution is 7.08.